The van der Waals surface area contributed by atoms with Crippen LogP contribution in [0.2, 0.25) is 0 Å². The molecule has 5 nitrogen and oxygen atoms in total. The molecule has 5 heteroatoms. The molecule has 0 aliphatic carbocycles. The molecule has 1 rings (SSSR count). The van der Waals surface area contributed by atoms with Gasteiger partial charge in [0.2, 0.25) is 0 Å². The van der Waals surface area contributed by atoms with Crippen LogP contribution >= 0.6 is 0 Å². The van der Waals surface area contributed by atoms with Crippen molar-refractivity contribution in [1.29, 1.82) is 0 Å². The number of benzene rings is 1. The zero-order chi connectivity index (χ0) is 11.3. The minimum Gasteiger partial charge on any atom is -0.497 e. The summed E-state index contributed by atoms with van der Waals surface area (Å²) in [6.07, 6.45) is 0.814. The van der Waals surface area contributed by atoms with Crippen molar-refractivity contribution < 1.29 is 19.1 Å². The topological polar surface area (TPSA) is 71.9 Å². The molecule has 0 amide bonds. The molecule has 1 aromatic carbocycles. The molecule has 0 aromatic heterocycles. The van der Waals surface area contributed by atoms with Crippen molar-refractivity contribution in [3.63, 3.8) is 0 Å². The highest BCUT2D eigenvalue weighted by atomic mass is 16.5. The highest BCUT2D eigenvalue weighted by Crippen LogP contribution is 2.22. The summed E-state index contributed by atoms with van der Waals surface area (Å²) < 4.78 is 9.97. The Hall–Kier alpha value is -2.13. The van der Waals surface area contributed by atoms with Crippen LogP contribution < -0.4 is 9.47 Å². The molecule has 0 bridgehead atoms. The fourth-order valence-electron chi connectivity index (χ4n) is 1.08. The van der Waals surface area contributed by atoms with E-state index in [1.54, 1.807) is 6.07 Å². The second-order valence-electron chi connectivity index (χ2n) is 2.71. The van der Waals surface area contributed by atoms with Crippen LogP contribution in [0.5, 0.6) is 11.5 Å². The van der Waals surface area contributed by atoms with E-state index < -0.39 is 5.78 Å². The molecular formula is C10H10N2O3. The molecule has 15 heavy (non-hydrogen) atoms. The van der Waals surface area contributed by atoms with Crippen molar-refractivity contribution in [2.24, 2.45) is 0 Å². The van der Waals surface area contributed by atoms with Crippen molar-refractivity contribution in [1.82, 2.24) is 0 Å². The molecule has 0 aliphatic heterocycles. The fraction of sp³-hybridized carbons (Fsp3) is 0.200. The Morgan fingerprint density at radius 3 is 2.20 bits per heavy atom. The van der Waals surface area contributed by atoms with Gasteiger partial charge in [-0.05, 0) is 12.1 Å². The van der Waals surface area contributed by atoms with Crippen molar-refractivity contribution in [3.8, 4) is 11.5 Å². The molecule has 0 heterocycles. The summed E-state index contributed by atoms with van der Waals surface area (Å²) >= 11 is 0. The first-order chi connectivity index (χ1) is 7.21. The quantitative estimate of drug-likeness (QED) is 0.321. The molecule has 0 saturated heterocycles. The third-order valence-corrected chi connectivity index (χ3v) is 1.81. The minimum atomic E-state index is -0.422. The van der Waals surface area contributed by atoms with Crippen LogP contribution in [0.25, 0.3) is 5.53 Å². The number of methoxy groups -OCH3 is 2. The first-order valence-electron chi connectivity index (χ1n) is 4.16. The predicted molar refractivity (Wildman–Crippen MR) is 53.6 cm³/mol. The summed E-state index contributed by atoms with van der Waals surface area (Å²) in [5, 5.41) is 0. The van der Waals surface area contributed by atoms with Gasteiger partial charge in [-0.2, -0.15) is 4.79 Å². The molecule has 78 valence electrons. The van der Waals surface area contributed by atoms with Crippen molar-refractivity contribution >= 4 is 12.0 Å². The first-order valence-corrected chi connectivity index (χ1v) is 4.16. The van der Waals surface area contributed by atoms with Crippen LogP contribution in [0.4, 0.5) is 0 Å². The second kappa shape index (κ2) is 4.93. The number of hydrogen-bond acceptors (Lipinski definition) is 3. The van der Waals surface area contributed by atoms with Gasteiger partial charge in [0.15, 0.2) is 0 Å². The molecule has 0 aliphatic rings. The lowest BCUT2D eigenvalue weighted by Crippen LogP contribution is -2.02. The predicted octanol–water partition coefficient (Wildman–Crippen LogP) is 1.19. The zero-order valence-corrected chi connectivity index (χ0v) is 8.43. The molecule has 0 fully saturated rings. The maximum absolute atomic E-state index is 11.4. The van der Waals surface area contributed by atoms with Gasteiger partial charge in [0.25, 0.3) is 5.78 Å². The van der Waals surface area contributed by atoms with Gasteiger partial charge in [0, 0.05) is 11.6 Å². The van der Waals surface area contributed by atoms with Crippen LogP contribution in [-0.4, -0.2) is 31.0 Å². The lowest BCUT2D eigenvalue weighted by atomic mass is 10.1. The van der Waals surface area contributed by atoms with E-state index in [0.29, 0.717) is 17.1 Å². The van der Waals surface area contributed by atoms with Crippen LogP contribution in [0.15, 0.2) is 18.2 Å². The normalized spacial score (nSPS) is 8.93. The van der Waals surface area contributed by atoms with Crippen LogP contribution in [0, 0.1) is 0 Å². The SMILES string of the molecule is COc1cc(OC)cc(C(=O)C=[N+]=[N-])c1. The van der Waals surface area contributed by atoms with Gasteiger partial charge < -0.3 is 15.0 Å². The van der Waals surface area contributed by atoms with Gasteiger partial charge in [0.05, 0.1) is 14.2 Å². The van der Waals surface area contributed by atoms with Crippen LogP contribution in [0.3, 0.4) is 0 Å². The van der Waals surface area contributed by atoms with Crippen molar-refractivity contribution in [3.05, 3.63) is 29.3 Å². The van der Waals surface area contributed by atoms with E-state index in [1.165, 1.54) is 26.4 Å². The number of Topliss-reactive ketones (excluding diaryl/α,β-unsaturated/α-hetero) is 1. The van der Waals surface area contributed by atoms with Crippen LogP contribution in [0.1, 0.15) is 10.4 Å². The van der Waals surface area contributed by atoms with Gasteiger partial charge >= 0.3 is 6.21 Å². The van der Waals surface area contributed by atoms with Gasteiger partial charge in [-0.15, -0.1) is 0 Å². The molecule has 0 radical (unpaired) electrons. The third kappa shape index (κ3) is 2.65. The Labute approximate surface area is 86.9 Å². The molecular weight excluding hydrogens is 196 g/mol. The van der Waals surface area contributed by atoms with E-state index >= 15 is 0 Å². The number of ketones is 1. The maximum Gasteiger partial charge on any atom is 0.328 e. The summed E-state index contributed by atoms with van der Waals surface area (Å²) in [5.74, 6) is 0.586. The largest absolute Gasteiger partial charge is 0.497 e. The summed E-state index contributed by atoms with van der Waals surface area (Å²) in [6, 6.07) is 4.71. The highest BCUT2D eigenvalue weighted by molar-refractivity contribution is 6.33. The van der Waals surface area contributed by atoms with Crippen LogP contribution in [-0.2, 0) is 0 Å². The lowest BCUT2D eigenvalue weighted by Gasteiger charge is -2.05. The van der Waals surface area contributed by atoms with E-state index in [2.05, 4.69) is 4.79 Å². The Morgan fingerprint density at radius 1 is 1.27 bits per heavy atom. The Balaban J connectivity index is 3.17. The fourth-order valence-corrected chi connectivity index (χ4v) is 1.08. The van der Waals surface area contributed by atoms with Crippen molar-refractivity contribution in [2.45, 2.75) is 0 Å². The standard InChI is InChI=1S/C10H10N2O3/c1-14-8-3-7(10(13)6-12-11)4-9(5-8)15-2/h3-6H,1-2H3. The number of carbonyl (C=O) groups is 1. The monoisotopic (exact) mass is 206 g/mol. The summed E-state index contributed by atoms with van der Waals surface area (Å²) in [5.41, 5.74) is 8.57. The molecule has 0 saturated carbocycles. The third-order valence-electron chi connectivity index (χ3n) is 1.81. The van der Waals surface area contributed by atoms with E-state index in [9.17, 15) is 4.79 Å². The number of ether oxygens (including phenoxy) is 2. The van der Waals surface area contributed by atoms with E-state index in [-0.39, 0.29) is 0 Å². The molecule has 1 aromatic rings. The number of hydrogen-bond donors (Lipinski definition) is 0. The maximum atomic E-state index is 11.4. The van der Waals surface area contributed by atoms with Gasteiger partial charge in [-0.25, -0.2) is 0 Å². The number of rotatable bonds is 4. The number of nitrogens with zero attached hydrogens (tertiary/aromatic N) is 2. The summed E-state index contributed by atoms with van der Waals surface area (Å²) in [6.45, 7) is 0. The van der Waals surface area contributed by atoms with Gasteiger partial charge in [-0.1, -0.05) is 0 Å². The summed E-state index contributed by atoms with van der Waals surface area (Å²) in [4.78, 5) is 14.0. The van der Waals surface area contributed by atoms with Crippen molar-refractivity contribution in [2.75, 3.05) is 14.2 Å². The lowest BCUT2D eigenvalue weighted by molar-refractivity contribution is 0.00234. The Bertz CT molecular complexity index is 400. The second-order valence-corrected chi connectivity index (χ2v) is 2.71. The average molecular weight is 206 g/mol. The average Bonchev–Trinajstić information content (AvgIpc) is 2.28. The Kier molecular flexibility index (Phi) is 3.60. The molecule has 0 spiro atoms. The van der Waals surface area contributed by atoms with Gasteiger partial charge in [0.1, 0.15) is 11.5 Å². The molecule has 0 N–H and O–H groups in total. The highest BCUT2D eigenvalue weighted by Gasteiger charge is 2.10. The van der Waals surface area contributed by atoms with E-state index in [4.69, 9.17) is 15.0 Å². The molecule has 0 atom stereocenters. The van der Waals surface area contributed by atoms with Gasteiger partial charge in [-0.3, -0.25) is 4.79 Å². The first kappa shape index (κ1) is 10.9. The zero-order valence-electron chi connectivity index (χ0n) is 8.43. The minimum absolute atomic E-state index is 0.337. The number of carbonyl (C=O) groups excluding carboxylic acids is 1. The van der Waals surface area contributed by atoms with E-state index in [1.807, 2.05) is 0 Å². The Morgan fingerprint density at radius 2 is 1.80 bits per heavy atom. The summed E-state index contributed by atoms with van der Waals surface area (Å²) in [7, 11) is 2.98. The molecule has 0 unspecified atom stereocenters. The van der Waals surface area contributed by atoms with E-state index in [0.717, 1.165) is 6.21 Å². The smallest absolute Gasteiger partial charge is 0.328 e.